The third-order valence-electron chi connectivity index (χ3n) is 2.26. The van der Waals surface area contributed by atoms with Crippen LogP contribution in [0, 0.1) is 6.92 Å². The highest BCUT2D eigenvalue weighted by Crippen LogP contribution is 2.03. The Balaban J connectivity index is 2.74. The van der Waals surface area contributed by atoms with Gasteiger partial charge in [0.15, 0.2) is 5.84 Å². The highest BCUT2D eigenvalue weighted by atomic mass is 16.4. The predicted molar refractivity (Wildman–Crippen MR) is 58.3 cm³/mol. The van der Waals surface area contributed by atoms with Gasteiger partial charge < -0.3 is 16.3 Å². The number of amides is 1. The van der Waals surface area contributed by atoms with Crippen molar-refractivity contribution in [1.29, 1.82) is 0 Å². The number of carbonyl (C=O) groups is 1. The number of nitrogens with zero attached hydrogens (tertiary/aromatic N) is 2. The van der Waals surface area contributed by atoms with E-state index < -0.39 is 6.04 Å². The van der Waals surface area contributed by atoms with Crippen molar-refractivity contribution < 1.29 is 10.0 Å². The van der Waals surface area contributed by atoms with Gasteiger partial charge >= 0.3 is 0 Å². The molecule has 0 fully saturated rings. The molecule has 7 nitrogen and oxygen atoms in total. The lowest BCUT2D eigenvalue weighted by Gasteiger charge is -2.14. The van der Waals surface area contributed by atoms with E-state index in [4.69, 9.17) is 10.9 Å². The molecule has 5 N–H and O–H groups in total. The van der Waals surface area contributed by atoms with E-state index in [2.05, 4.69) is 20.7 Å². The summed E-state index contributed by atoms with van der Waals surface area (Å²) in [6.07, 6.45) is 1.97. The van der Waals surface area contributed by atoms with Crippen LogP contribution >= 0.6 is 0 Å². The second kappa shape index (κ2) is 5.15. The Kier molecular flexibility index (Phi) is 3.87. The maximum absolute atomic E-state index is 11.8. The second-order valence-corrected chi connectivity index (χ2v) is 3.37. The molecule has 7 heteroatoms. The summed E-state index contributed by atoms with van der Waals surface area (Å²) in [6.45, 7) is 3.57. The number of amidine groups is 1. The van der Waals surface area contributed by atoms with Crippen LogP contribution in [0.5, 0.6) is 0 Å². The number of oxime groups is 1. The molecular weight excluding hydrogens is 210 g/mol. The molecule has 16 heavy (non-hydrogen) atoms. The Bertz CT molecular complexity index is 398. The third-order valence-corrected chi connectivity index (χ3v) is 2.26. The lowest BCUT2D eigenvalue weighted by Crippen LogP contribution is -2.44. The summed E-state index contributed by atoms with van der Waals surface area (Å²) < 4.78 is 0. The highest BCUT2D eigenvalue weighted by Gasteiger charge is 2.17. The van der Waals surface area contributed by atoms with Gasteiger partial charge in [-0.25, -0.2) is 0 Å². The van der Waals surface area contributed by atoms with Gasteiger partial charge in [-0.3, -0.25) is 9.89 Å². The van der Waals surface area contributed by atoms with E-state index in [-0.39, 0.29) is 11.7 Å². The van der Waals surface area contributed by atoms with Gasteiger partial charge in [-0.05, 0) is 13.3 Å². The molecule has 1 amide bonds. The van der Waals surface area contributed by atoms with Crippen LogP contribution in [0.3, 0.4) is 0 Å². The van der Waals surface area contributed by atoms with Gasteiger partial charge in [-0.1, -0.05) is 12.1 Å². The van der Waals surface area contributed by atoms with E-state index in [1.54, 1.807) is 6.92 Å². The number of aromatic nitrogens is 2. The molecule has 0 aliphatic heterocycles. The van der Waals surface area contributed by atoms with Crippen molar-refractivity contribution in [2.24, 2.45) is 10.9 Å². The molecule has 0 aliphatic rings. The van der Waals surface area contributed by atoms with Gasteiger partial charge in [0, 0.05) is 5.69 Å². The molecule has 0 saturated carbocycles. The maximum Gasteiger partial charge on any atom is 0.255 e. The summed E-state index contributed by atoms with van der Waals surface area (Å²) >= 11 is 0. The Labute approximate surface area is 92.7 Å². The lowest BCUT2D eigenvalue weighted by atomic mass is 10.2. The monoisotopic (exact) mass is 225 g/mol. The fourth-order valence-corrected chi connectivity index (χ4v) is 1.27. The summed E-state index contributed by atoms with van der Waals surface area (Å²) in [5, 5.41) is 20.5. The molecule has 0 aromatic carbocycles. The van der Waals surface area contributed by atoms with Crippen LogP contribution in [0.2, 0.25) is 0 Å². The fourth-order valence-electron chi connectivity index (χ4n) is 1.27. The molecule has 0 aliphatic carbocycles. The summed E-state index contributed by atoms with van der Waals surface area (Å²) in [5.41, 5.74) is 6.55. The van der Waals surface area contributed by atoms with Crippen LogP contribution in [0.1, 0.15) is 29.4 Å². The van der Waals surface area contributed by atoms with Crippen molar-refractivity contribution in [2.45, 2.75) is 26.3 Å². The first-order valence-electron chi connectivity index (χ1n) is 4.88. The van der Waals surface area contributed by atoms with Crippen LogP contribution in [0.4, 0.5) is 0 Å². The molecule has 0 radical (unpaired) electrons. The quantitative estimate of drug-likeness (QED) is 0.249. The molecule has 0 saturated heterocycles. The zero-order chi connectivity index (χ0) is 12.1. The summed E-state index contributed by atoms with van der Waals surface area (Å²) in [5.74, 6) is -0.318. The first kappa shape index (κ1) is 12.0. The van der Waals surface area contributed by atoms with Crippen molar-refractivity contribution in [1.82, 2.24) is 15.5 Å². The zero-order valence-electron chi connectivity index (χ0n) is 9.19. The molecule has 0 bridgehead atoms. The van der Waals surface area contributed by atoms with Gasteiger partial charge in [0.2, 0.25) is 0 Å². The van der Waals surface area contributed by atoms with E-state index in [0.717, 1.165) is 0 Å². The first-order valence-corrected chi connectivity index (χ1v) is 4.88. The molecule has 1 aromatic rings. The van der Waals surface area contributed by atoms with Gasteiger partial charge in [0.1, 0.15) is 0 Å². The third kappa shape index (κ3) is 2.50. The summed E-state index contributed by atoms with van der Waals surface area (Å²) in [6, 6.07) is -0.480. The Morgan fingerprint density at radius 1 is 1.81 bits per heavy atom. The number of aromatic amines is 1. The van der Waals surface area contributed by atoms with E-state index >= 15 is 0 Å². The number of aryl methyl sites for hydroxylation is 1. The Hall–Kier alpha value is -2.05. The summed E-state index contributed by atoms with van der Waals surface area (Å²) in [4.78, 5) is 11.8. The van der Waals surface area contributed by atoms with Crippen molar-refractivity contribution >= 4 is 11.7 Å². The molecule has 0 spiro atoms. The topological polar surface area (TPSA) is 116 Å². The van der Waals surface area contributed by atoms with E-state index in [0.29, 0.717) is 17.7 Å². The maximum atomic E-state index is 11.8. The Morgan fingerprint density at radius 2 is 2.50 bits per heavy atom. The van der Waals surface area contributed by atoms with Crippen molar-refractivity contribution in [3.05, 3.63) is 17.5 Å². The molecule has 1 unspecified atom stereocenters. The number of rotatable bonds is 4. The molecule has 1 heterocycles. The van der Waals surface area contributed by atoms with Crippen LogP contribution in [0.15, 0.2) is 11.4 Å². The fraction of sp³-hybridized carbons (Fsp3) is 0.444. The highest BCUT2D eigenvalue weighted by molar-refractivity contribution is 5.98. The first-order chi connectivity index (χ1) is 7.60. The predicted octanol–water partition coefficient (Wildman–Crippen LogP) is -0.0271. The largest absolute Gasteiger partial charge is 0.409 e. The van der Waals surface area contributed by atoms with Crippen molar-refractivity contribution in [2.75, 3.05) is 0 Å². The van der Waals surface area contributed by atoms with Gasteiger partial charge in [-0.15, -0.1) is 0 Å². The molecule has 88 valence electrons. The van der Waals surface area contributed by atoms with Gasteiger partial charge in [0.05, 0.1) is 17.8 Å². The smallest absolute Gasteiger partial charge is 0.255 e. The molecule has 1 aromatic heterocycles. The van der Waals surface area contributed by atoms with Crippen LogP contribution in [-0.4, -0.2) is 33.2 Å². The minimum absolute atomic E-state index is 0.0167. The van der Waals surface area contributed by atoms with Gasteiger partial charge in [-0.2, -0.15) is 5.10 Å². The number of nitrogens with one attached hydrogen (secondary N) is 2. The number of hydrogen-bond acceptors (Lipinski definition) is 4. The average molecular weight is 225 g/mol. The van der Waals surface area contributed by atoms with Crippen LogP contribution in [0.25, 0.3) is 0 Å². The minimum Gasteiger partial charge on any atom is -0.409 e. The lowest BCUT2D eigenvalue weighted by molar-refractivity contribution is 0.0945. The van der Waals surface area contributed by atoms with Crippen molar-refractivity contribution in [3.8, 4) is 0 Å². The number of carbonyl (C=O) groups excluding carboxylic acids is 1. The van der Waals surface area contributed by atoms with E-state index in [1.165, 1.54) is 6.20 Å². The number of hydrogen-bond donors (Lipinski definition) is 4. The van der Waals surface area contributed by atoms with Crippen LogP contribution < -0.4 is 11.1 Å². The molecule has 1 rings (SSSR count). The molecular formula is C9H15N5O2. The minimum atomic E-state index is -0.480. The second-order valence-electron chi connectivity index (χ2n) is 3.37. The van der Waals surface area contributed by atoms with Crippen LogP contribution in [-0.2, 0) is 0 Å². The normalized spacial score (nSPS) is 13.5. The number of H-pyrrole nitrogens is 1. The van der Waals surface area contributed by atoms with E-state index in [9.17, 15) is 4.79 Å². The zero-order valence-corrected chi connectivity index (χ0v) is 9.19. The SMILES string of the molecule is CCC(NC(=O)c1cn[nH]c1C)C(N)=NO. The Morgan fingerprint density at radius 3 is 2.94 bits per heavy atom. The number of nitrogens with two attached hydrogens (primary N) is 1. The van der Waals surface area contributed by atoms with Gasteiger partial charge in [0.25, 0.3) is 5.91 Å². The average Bonchev–Trinajstić information content (AvgIpc) is 2.71. The van der Waals surface area contributed by atoms with E-state index in [1.807, 2.05) is 6.92 Å². The van der Waals surface area contributed by atoms with Crippen molar-refractivity contribution in [3.63, 3.8) is 0 Å². The standard InChI is InChI=1S/C9H15N5O2/c1-3-7(8(10)14-16)12-9(15)6-4-11-13-5(6)2/h4,7,16H,3H2,1-2H3,(H2,10,14)(H,11,13)(H,12,15). The molecule has 1 atom stereocenters. The summed E-state index contributed by atoms with van der Waals surface area (Å²) in [7, 11) is 0.